The fraction of sp³-hybridized carbons (Fsp3) is 0.500. The molecule has 0 spiro atoms. The summed E-state index contributed by atoms with van der Waals surface area (Å²) in [5.41, 5.74) is 5.18. The number of methoxy groups -OCH3 is 1. The maximum atomic E-state index is 12.0. The maximum Gasteiger partial charge on any atom is 0.242 e. The van der Waals surface area contributed by atoms with Crippen LogP contribution in [0.1, 0.15) is 0 Å². The minimum Gasteiger partial charge on any atom is -0.497 e. The molecule has 120 valence electrons. The van der Waals surface area contributed by atoms with Crippen LogP contribution in [-0.2, 0) is 9.59 Å². The number of piperazine rings is 1. The monoisotopic (exact) mass is 307 g/mol. The number of pyridine rings is 1. The Kier molecular flexibility index (Phi) is 5.54. The fourth-order valence-electron chi connectivity index (χ4n) is 2.24. The van der Waals surface area contributed by atoms with Crippen LogP contribution in [0.3, 0.4) is 0 Å². The number of carbonyl (C=O) groups is 2. The first-order valence-corrected chi connectivity index (χ1v) is 7.13. The van der Waals surface area contributed by atoms with Gasteiger partial charge in [0.2, 0.25) is 11.8 Å². The Morgan fingerprint density at radius 3 is 2.73 bits per heavy atom. The number of aromatic nitrogens is 1. The molecule has 0 aliphatic carbocycles. The Morgan fingerprint density at radius 2 is 2.09 bits per heavy atom. The molecule has 1 saturated heterocycles. The molecule has 0 unspecified atom stereocenters. The number of nitrogens with two attached hydrogens (primary N) is 1. The van der Waals surface area contributed by atoms with Crippen molar-refractivity contribution >= 4 is 17.6 Å². The number of carbonyl (C=O) groups excluding carboxylic acids is 2. The Balaban J connectivity index is 1.84. The van der Waals surface area contributed by atoms with Gasteiger partial charge in [0.25, 0.3) is 0 Å². The molecular weight excluding hydrogens is 286 g/mol. The average molecular weight is 307 g/mol. The highest BCUT2D eigenvalue weighted by molar-refractivity contribution is 5.85. The molecular formula is C14H21N5O3. The highest BCUT2D eigenvalue weighted by Crippen LogP contribution is 2.19. The van der Waals surface area contributed by atoms with Gasteiger partial charge in [0, 0.05) is 38.4 Å². The van der Waals surface area contributed by atoms with E-state index in [4.69, 9.17) is 10.5 Å². The number of anilines is 1. The first-order chi connectivity index (χ1) is 10.6. The van der Waals surface area contributed by atoms with Gasteiger partial charge in [-0.05, 0) is 6.07 Å². The second kappa shape index (κ2) is 7.60. The van der Waals surface area contributed by atoms with Crippen LogP contribution >= 0.6 is 0 Å². The lowest BCUT2D eigenvalue weighted by Crippen LogP contribution is -2.51. The van der Waals surface area contributed by atoms with E-state index in [-0.39, 0.29) is 24.9 Å². The van der Waals surface area contributed by atoms with Crippen molar-refractivity contribution in [2.75, 3.05) is 51.3 Å². The van der Waals surface area contributed by atoms with Crippen molar-refractivity contribution in [3.05, 3.63) is 18.3 Å². The van der Waals surface area contributed by atoms with Gasteiger partial charge in [-0.3, -0.25) is 9.59 Å². The highest BCUT2D eigenvalue weighted by Gasteiger charge is 2.22. The third-order valence-electron chi connectivity index (χ3n) is 3.53. The lowest BCUT2D eigenvalue weighted by atomic mass is 10.3. The van der Waals surface area contributed by atoms with Crippen LogP contribution in [0.5, 0.6) is 5.75 Å². The zero-order chi connectivity index (χ0) is 15.9. The summed E-state index contributed by atoms with van der Waals surface area (Å²) >= 11 is 0. The zero-order valence-corrected chi connectivity index (χ0v) is 12.6. The first kappa shape index (κ1) is 16.0. The van der Waals surface area contributed by atoms with Gasteiger partial charge in [0.05, 0.1) is 20.2 Å². The molecule has 2 heterocycles. The van der Waals surface area contributed by atoms with E-state index in [0.717, 1.165) is 11.6 Å². The molecule has 22 heavy (non-hydrogen) atoms. The second-order valence-corrected chi connectivity index (χ2v) is 4.90. The van der Waals surface area contributed by atoms with Crippen molar-refractivity contribution in [1.82, 2.24) is 15.2 Å². The highest BCUT2D eigenvalue weighted by atomic mass is 16.5. The maximum absolute atomic E-state index is 12.0. The molecule has 0 aromatic carbocycles. The Morgan fingerprint density at radius 1 is 1.36 bits per heavy atom. The summed E-state index contributed by atoms with van der Waals surface area (Å²) in [4.78, 5) is 31.2. The molecule has 3 N–H and O–H groups in total. The number of hydrogen-bond acceptors (Lipinski definition) is 6. The SMILES string of the molecule is COc1ccnc(N2CCN(C(=O)CNC(=O)CN)CC2)c1. The number of nitrogens with zero attached hydrogens (tertiary/aromatic N) is 3. The van der Waals surface area contributed by atoms with Gasteiger partial charge < -0.3 is 25.6 Å². The standard InChI is InChI=1S/C14H21N5O3/c1-22-11-2-3-16-12(8-11)18-4-6-19(7-5-18)14(21)10-17-13(20)9-15/h2-3,8H,4-7,9-10,15H2,1H3,(H,17,20). The van der Waals surface area contributed by atoms with Crippen LogP contribution in [0, 0.1) is 0 Å². The topological polar surface area (TPSA) is 101 Å². The van der Waals surface area contributed by atoms with Gasteiger partial charge in [-0.2, -0.15) is 0 Å². The van der Waals surface area contributed by atoms with E-state index in [0.29, 0.717) is 26.2 Å². The molecule has 1 aromatic rings. The van der Waals surface area contributed by atoms with E-state index in [1.165, 1.54) is 0 Å². The van der Waals surface area contributed by atoms with Crippen LogP contribution in [0.25, 0.3) is 0 Å². The van der Waals surface area contributed by atoms with Crippen LogP contribution < -0.4 is 20.7 Å². The van der Waals surface area contributed by atoms with Crippen molar-refractivity contribution < 1.29 is 14.3 Å². The lowest BCUT2D eigenvalue weighted by Gasteiger charge is -2.35. The average Bonchev–Trinajstić information content (AvgIpc) is 2.59. The minimum atomic E-state index is -0.326. The lowest BCUT2D eigenvalue weighted by molar-refractivity contribution is -0.132. The van der Waals surface area contributed by atoms with Gasteiger partial charge >= 0.3 is 0 Å². The van der Waals surface area contributed by atoms with Gasteiger partial charge in [-0.15, -0.1) is 0 Å². The number of ether oxygens (including phenoxy) is 1. The van der Waals surface area contributed by atoms with Crippen molar-refractivity contribution in [1.29, 1.82) is 0 Å². The summed E-state index contributed by atoms with van der Waals surface area (Å²) < 4.78 is 5.19. The van der Waals surface area contributed by atoms with E-state index in [1.54, 1.807) is 24.3 Å². The Bertz CT molecular complexity index is 529. The van der Waals surface area contributed by atoms with Crippen LogP contribution in [0.15, 0.2) is 18.3 Å². The van der Waals surface area contributed by atoms with E-state index in [1.807, 2.05) is 6.07 Å². The van der Waals surface area contributed by atoms with Crippen molar-refractivity contribution in [3.63, 3.8) is 0 Å². The van der Waals surface area contributed by atoms with Crippen LogP contribution in [0.2, 0.25) is 0 Å². The second-order valence-electron chi connectivity index (χ2n) is 4.90. The Labute approximate surface area is 129 Å². The minimum absolute atomic E-state index is 0.00650. The van der Waals surface area contributed by atoms with Crippen LogP contribution in [0.4, 0.5) is 5.82 Å². The Hall–Kier alpha value is -2.35. The van der Waals surface area contributed by atoms with Crippen molar-refractivity contribution in [2.45, 2.75) is 0 Å². The van der Waals surface area contributed by atoms with E-state index in [2.05, 4.69) is 15.2 Å². The number of hydrogen-bond donors (Lipinski definition) is 2. The van der Waals surface area contributed by atoms with Gasteiger partial charge in [0.1, 0.15) is 11.6 Å². The van der Waals surface area contributed by atoms with Gasteiger partial charge in [-0.1, -0.05) is 0 Å². The molecule has 0 saturated carbocycles. The molecule has 1 aromatic heterocycles. The molecule has 0 bridgehead atoms. The largest absolute Gasteiger partial charge is 0.497 e. The summed E-state index contributed by atoms with van der Waals surface area (Å²) in [6.07, 6.45) is 1.70. The number of nitrogens with one attached hydrogen (secondary N) is 1. The van der Waals surface area contributed by atoms with E-state index in [9.17, 15) is 9.59 Å². The molecule has 0 atom stereocenters. The fourth-order valence-corrected chi connectivity index (χ4v) is 2.24. The number of rotatable bonds is 5. The normalized spacial score (nSPS) is 14.6. The molecule has 1 aliphatic heterocycles. The third-order valence-corrected chi connectivity index (χ3v) is 3.53. The number of amides is 2. The molecule has 8 nitrogen and oxygen atoms in total. The summed E-state index contributed by atoms with van der Waals surface area (Å²) in [5.74, 6) is 1.17. The first-order valence-electron chi connectivity index (χ1n) is 7.13. The smallest absolute Gasteiger partial charge is 0.242 e. The molecule has 0 radical (unpaired) electrons. The summed E-state index contributed by atoms with van der Waals surface area (Å²) in [7, 11) is 1.62. The molecule has 8 heteroatoms. The summed E-state index contributed by atoms with van der Waals surface area (Å²) in [5, 5.41) is 2.49. The zero-order valence-electron chi connectivity index (χ0n) is 12.6. The quantitative estimate of drug-likeness (QED) is 0.710. The molecule has 1 aliphatic rings. The van der Waals surface area contributed by atoms with Crippen molar-refractivity contribution in [2.24, 2.45) is 5.73 Å². The molecule has 2 amide bonds. The van der Waals surface area contributed by atoms with E-state index < -0.39 is 0 Å². The third kappa shape index (κ3) is 4.08. The van der Waals surface area contributed by atoms with Gasteiger partial charge in [-0.25, -0.2) is 4.98 Å². The van der Waals surface area contributed by atoms with Crippen molar-refractivity contribution in [3.8, 4) is 5.75 Å². The van der Waals surface area contributed by atoms with Crippen LogP contribution in [-0.4, -0.2) is 68.1 Å². The predicted molar refractivity (Wildman–Crippen MR) is 81.6 cm³/mol. The molecule has 1 fully saturated rings. The predicted octanol–water partition coefficient (Wildman–Crippen LogP) is -1.19. The van der Waals surface area contributed by atoms with Gasteiger partial charge in [0.15, 0.2) is 0 Å². The summed E-state index contributed by atoms with van der Waals surface area (Å²) in [6, 6.07) is 3.67. The molecule has 2 rings (SSSR count). The summed E-state index contributed by atoms with van der Waals surface area (Å²) in [6.45, 7) is 2.45. The van der Waals surface area contributed by atoms with E-state index >= 15 is 0 Å².